The topological polar surface area (TPSA) is 58.4 Å². The van der Waals surface area contributed by atoms with E-state index >= 15 is 0 Å². The van der Waals surface area contributed by atoms with Crippen LogP contribution < -0.4 is 11.1 Å². The molecule has 0 saturated heterocycles. The Kier molecular flexibility index (Phi) is 4.25. The number of nitrogens with two attached hydrogens (primary N) is 1. The number of nitrogens with zero attached hydrogens (tertiary/aromatic N) is 1. The molecule has 4 nitrogen and oxygen atoms in total. The van der Waals surface area contributed by atoms with Gasteiger partial charge in [-0.3, -0.25) is 4.79 Å². The summed E-state index contributed by atoms with van der Waals surface area (Å²) in [5, 5.41) is 2.58. The molecule has 0 atom stereocenters. The van der Waals surface area contributed by atoms with Crippen molar-refractivity contribution in [3.63, 3.8) is 0 Å². The van der Waals surface area contributed by atoms with Crippen LogP contribution in [0.15, 0.2) is 18.2 Å². The number of nitrogen functional groups attached to an aromatic ring is 1. The Morgan fingerprint density at radius 3 is 2.81 bits per heavy atom. The Morgan fingerprint density at radius 1 is 1.50 bits per heavy atom. The van der Waals surface area contributed by atoms with E-state index < -0.39 is 5.82 Å². The van der Waals surface area contributed by atoms with E-state index in [0.717, 1.165) is 0 Å². The van der Waals surface area contributed by atoms with Crippen molar-refractivity contribution in [1.29, 1.82) is 0 Å². The number of halogens is 1. The van der Waals surface area contributed by atoms with Gasteiger partial charge in [0.1, 0.15) is 5.82 Å². The summed E-state index contributed by atoms with van der Waals surface area (Å²) in [6.45, 7) is 0.640. The lowest BCUT2D eigenvalue weighted by molar-refractivity contribution is -0.116. The highest BCUT2D eigenvalue weighted by Crippen LogP contribution is 2.19. The molecule has 1 rings (SSSR count). The third-order valence-corrected chi connectivity index (χ3v) is 2.08. The Bertz CT molecular complexity index is 379. The number of carbonyl (C=O) groups is 1. The van der Waals surface area contributed by atoms with Gasteiger partial charge in [0.05, 0.1) is 11.4 Å². The summed E-state index contributed by atoms with van der Waals surface area (Å²) in [5.41, 5.74) is 6.29. The fourth-order valence-electron chi connectivity index (χ4n) is 1.17. The minimum atomic E-state index is -0.419. The van der Waals surface area contributed by atoms with Crippen molar-refractivity contribution < 1.29 is 9.18 Å². The fourth-order valence-corrected chi connectivity index (χ4v) is 1.17. The zero-order valence-corrected chi connectivity index (χ0v) is 9.46. The molecule has 0 aliphatic carbocycles. The molecule has 1 aromatic rings. The summed E-state index contributed by atoms with van der Waals surface area (Å²) in [5.74, 6) is -0.594. The van der Waals surface area contributed by atoms with Crippen molar-refractivity contribution in [1.82, 2.24) is 4.90 Å². The molecule has 0 unspecified atom stereocenters. The minimum Gasteiger partial charge on any atom is -0.397 e. The molecule has 16 heavy (non-hydrogen) atoms. The number of rotatable bonds is 4. The van der Waals surface area contributed by atoms with Gasteiger partial charge in [-0.05, 0) is 32.3 Å². The average molecular weight is 225 g/mol. The molecule has 0 aromatic heterocycles. The molecule has 0 saturated carbocycles. The number of carbonyl (C=O) groups excluding carboxylic acids is 1. The van der Waals surface area contributed by atoms with Crippen molar-refractivity contribution >= 4 is 17.3 Å². The molecule has 0 radical (unpaired) electrons. The van der Waals surface area contributed by atoms with Gasteiger partial charge in [-0.2, -0.15) is 0 Å². The van der Waals surface area contributed by atoms with Crippen LogP contribution in [0.2, 0.25) is 0 Å². The minimum absolute atomic E-state index is 0.175. The van der Waals surface area contributed by atoms with Crippen LogP contribution in [0.5, 0.6) is 0 Å². The number of hydrogen-bond acceptors (Lipinski definition) is 3. The normalized spacial score (nSPS) is 10.5. The molecule has 5 heteroatoms. The first-order chi connectivity index (χ1) is 7.49. The van der Waals surface area contributed by atoms with Crippen LogP contribution >= 0.6 is 0 Å². The summed E-state index contributed by atoms with van der Waals surface area (Å²) in [4.78, 5) is 13.4. The standard InChI is InChI=1S/C11H16FN3O/c1-15(2)6-5-11(16)14-10-7-8(12)3-4-9(10)13/h3-4,7H,5-6,13H2,1-2H3,(H,14,16). The second kappa shape index (κ2) is 5.46. The van der Waals surface area contributed by atoms with Crippen LogP contribution in [-0.2, 0) is 4.79 Å². The van der Waals surface area contributed by atoms with Gasteiger partial charge in [0.25, 0.3) is 0 Å². The zero-order chi connectivity index (χ0) is 12.1. The predicted molar refractivity (Wildman–Crippen MR) is 62.6 cm³/mol. The smallest absolute Gasteiger partial charge is 0.225 e. The van der Waals surface area contributed by atoms with Gasteiger partial charge in [-0.25, -0.2) is 4.39 Å². The molecule has 0 aliphatic heterocycles. The molecule has 0 bridgehead atoms. The van der Waals surface area contributed by atoms with E-state index in [1.165, 1.54) is 18.2 Å². The first-order valence-electron chi connectivity index (χ1n) is 4.98. The van der Waals surface area contributed by atoms with Crippen molar-refractivity contribution in [2.24, 2.45) is 0 Å². The van der Waals surface area contributed by atoms with Gasteiger partial charge in [-0.15, -0.1) is 0 Å². The third kappa shape index (κ3) is 3.86. The van der Waals surface area contributed by atoms with Gasteiger partial charge >= 0.3 is 0 Å². The zero-order valence-electron chi connectivity index (χ0n) is 9.46. The van der Waals surface area contributed by atoms with Crippen LogP contribution in [0.25, 0.3) is 0 Å². The van der Waals surface area contributed by atoms with E-state index in [2.05, 4.69) is 5.32 Å². The highest BCUT2D eigenvalue weighted by atomic mass is 19.1. The molecule has 3 N–H and O–H groups in total. The maximum absolute atomic E-state index is 12.9. The number of hydrogen-bond donors (Lipinski definition) is 2. The molecular weight excluding hydrogens is 209 g/mol. The van der Waals surface area contributed by atoms with Crippen molar-refractivity contribution in [2.75, 3.05) is 31.7 Å². The number of anilines is 2. The Labute approximate surface area is 94.2 Å². The molecular formula is C11H16FN3O. The lowest BCUT2D eigenvalue weighted by atomic mass is 10.2. The molecule has 0 heterocycles. The van der Waals surface area contributed by atoms with E-state index in [1.807, 2.05) is 19.0 Å². The third-order valence-electron chi connectivity index (χ3n) is 2.08. The summed E-state index contributed by atoms with van der Waals surface area (Å²) >= 11 is 0. The highest BCUT2D eigenvalue weighted by Gasteiger charge is 2.06. The van der Waals surface area contributed by atoms with Crippen LogP contribution in [0, 0.1) is 5.82 Å². The molecule has 0 aliphatic rings. The molecule has 88 valence electrons. The van der Waals surface area contributed by atoms with Crippen LogP contribution in [0.3, 0.4) is 0 Å². The summed E-state index contributed by atoms with van der Waals surface area (Å²) < 4.78 is 12.9. The number of benzene rings is 1. The lowest BCUT2D eigenvalue weighted by Crippen LogP contribution is -2.21. The van der Waals surface area contributed by atoms with Gasteiger partial charge in [0.15, 0.2) is 0 Å². The van der Waals surface area contributed by atoms with E-state index in [1.54, 1.807) is 0 Å². The van der Waals surface area contributed by atoms with E-state index in [4.69, 9.17) is 5.73 Å². The SMILES string of the molecule is CN(C)CCC(=O)Nc1cc(F)ccc1N. The summed E-state index contributed by atoms with van der Waals surface area (Å²) in [7, 11) is 3.76. The Balaban J connectivity index is 2.59. The molecule has 0 spiro atoms. The van der Waals surface area contributed by atoms with E-state index in [-0.39, 0.29) is 5.91 Å². The monoisotopic (exact) mass is 225 g/mol. The van der Waals surface area contributed by atoms with Crippen LogP contribution in [0.4, 0.5) is 15.8 Å². The number of amides is 1. The van der Waals surface area contributed by atoms with Crippen molar-refractivity contribution in [3.05, 3.63) is 24.0 Å². The average Bonchev–Trinajstić information content (AvgIpc) is 2.20. The maximum Gasteiger partial charge on any atom is 0.225 e. The van der Waals surface area contributed by atoms with Gasteiger partial charge in [0, 0.05) is 13.0 Å². The summed E-state index contributed by atoms with van der Waals surface area (Å²) in [6, 6.07) is 3.89. The first kappa shape index (κ1) is 12.4. The predicted octanol–water partition coefficient (Wildman–Crippen LogP) is 1.30. The van der Waals surface area contributed by atoms with E-state index in [0.29, 0.717) is 24.3 Å². The number of nitrogens with one attached hydrogen (secondary N) is 1. The van der Waals surface area contributed by atoms with E-state index in [9.17, 15) is 9.18 Å². The first-order valence-corrected chi connectivity index (χ1v) is 4.98. The Hall–Kier alpha value is -1.62. The maximum atomic E-state index is 12.9. The lowest BCUT2D eigenvalue weighted by Gasteiger charge is -2.11. The second-order valence-electron chi connectivity index (χ2n) is 3.83. The van der Waals surface area contributed by atoms with Gasteiger partial charge in [0.2, 0.25) is 5.91 Å². The Morgan fingerprint density at radius 2 is 2.19 bits per heavy atom. The molecule has 1 amide bonds. The molecule has 1 aromatic carbocycles. The van der Waals surface area contributed by atoms with Gasteiger partial charge in [-0.1, -0.05) is 0 Å². The largest absolute Gasteiger partial charge is 0.397 e. The second-order valence-corrected chi connectivity index (χ2v) is 3.83. The fraction of sp³-hybridized carbons (Fsp3) is 0.364. The quantitative estimate of drug-likeness (QED) is 0.759. The van der Waals surface area contributed by atoms with Crippen LogP contribution in [0.1, 0.15) is 6.42 Å². The summed E-state index contributed by atoms with van der Waals surface area (Å²) in [6.07, 6.45) is 0.350. The van der Waals surface area contributed by atoms with Crippen molar-refractivity contribution in [3.8, 4) is 0 Å². The highest BCUT2D eigenvalue weighted by molar-refractivity contribution is 5.93. The van der Waals surface area contributed by atoms with Gasteiger partial charge < -0.3 is 16.0 Å². The van der Waals surface area contributed by atoms with Crippen LogP contribution in [-0.4, -0.2) is 31.4 Å². The van der Waals surface area contributed by atoms with Crippen molar-refractivity contribution in [2.45, 2.75) is 6.42 Å². The molecule has 0 fully saturated rings.